The molecule has 0 saturated carbocycles. The summed E-state index contributed by atoms with van der Waals surface area (Å²) >= 11 is 0. The molecule has 2 heterocycles. The van der Waals surface area contributed by atoms with Crippen LogP contribution in [-0.2, 0) is 38.2 Å². The number of carbonyl (C=O) groups is 6. The molecule has 2 atom stereocenters. The van der Waals surface area contributed by atoms with Gasteiger partial charge < -0.3 is 9.47 Å². The molecule has 0 aromatic carbocycles. The highest BCUT2D eigenvalue weighted by molar-refractivity contribution is 6.16. The average Bonchev–Trinajstić information content (AvgIpc) is 3.29. The molecule has 38 heavy (non-hydrogen) atoms. The van der Waals surface area contributed by atoms with E-state index in [1.165, 1.54) is 0 Å². The van der Waals surface area contributed by atoms with Crippen molar-refractivity contribution in [3.05, 3.63) is 24.3 Å². The molecule has 0 N–H and O–H groups in total. The second-order valence-electron chi connectivity index (χ2n) is 11.5. The number of hydrogen-bond donors (Lipinski definition) is 0. The first-order chi connectivity index (χ1) is 17.5. The molecule has 0 aliphatic carbocycles. The van der Waals surface area contributed by atoms with E-state index in [9.17, 15) is 28.8 Å². The van der Waals surface area contributed by atoms with Crippen molar-refractivity contribution in [2.45, 2.75) is 97.9 Å². The number of amides is 4. The molecule has 2 aliphatic rings. The van der Waals surface area contributed by atoms with Gasteiger partial charge in [-0.3, -0.25) is 33.8 Å². The standard InChI is InChI=1S/C28H40N2O8/c1-17(2)23(29-19(31)11-12-20(29)32)25(35)28(7,8)37-16-10-9-15-27(5,6)38-26(36)24(18(3)4)30-21(33)13-14-22(30)34/h11-14,17-18,23-24H,9-10,15-16H2,1-8H3. The Labute approximate surface area is 224 Å². The molecule has 0 radical (unpaired) electrons. The smallest absolute Gasteiger partial charge is 0.330 e. The van der Waals surface area contributed by atoms with Crippen LogP contribution in [-0.4, -0.2) is 75.1 Å². The van der Waals surface area contributed by atoms with Crippen molar-refractivity contribution in [1.29, 1.82) is 0 Å². The fraction of sp³-hybridized carbons (Fsp3) is 0.643. The minimum atomic E-state index is -1.23. The van der Waals surface area contributed by atoms with Crippen LogP contribution in [0.5, 0.6) is 0 Å². The van der Waals surface area contributed by atoms with Gasteiger partial charge in [0, 0.05) is 30.9 Å². The van der Waals surface area contributed by atoms with Gasteiger partial charge in [0.05, 0.1) is 0 Å². The van der Waals surface area contributed by atoms with Gasteiger partial charge in [0.1, 0.15) is 23.3 Å². The van der Waals surface area contributed by atoms with Crippen molar-refractivity contribution in [2.75, 3.05) is 6.61 Å². The molecule has 0 saturated heterocycles. The molecular formula is C28H40N2O8. The Morgan fingerprint density at radius 2 is 1.16 bits per heavy atom. The lowest BCUT2D eigenvalue weighted by Crippen LogP contribution is -2.55. The number of imide groups is 2. The molecule has 210 valence electrons. The molecule has 0 aromatic heterocycles. The number of rotatable bonds is 14. The van der Waals surface area contributed by atoms with Gasteiger partial charge in [0.25, 0.3) is 23.6 Å². The van der Waals surface area contributed by atoms with Crippen molar-refractivity contribution in [2.24, 2.45) is 11.8 Å². The van der Waals surface area contributed by atoms with Gasteiger partial charge in [-0.15, -0.1) is 0 Å². The van der Waals surface area contributed by atoms with Gasteiger partial charge >= 0.3 is 5.97 Å². The summed E-state index contributed by atoms with van der Waals surface area (Å²) in [6, 6.07) is -1.95. The highest BCUT2D eigenvalue weighted by Gasteiger charge is 2.44. The maximum absolute atomic E-state index is 13.3. The van der Waals surface area contributed by atoms with Crippen LogP contribution in [0.25, 0.3) is 0 Å². The lowest BCUT2D eigenvalue weighted by molar-refractivity contribution is -0.170. The average molecular weight is 533 g/mol. The Kier molecular flexibility index (Phi) is 9.94. The van der Waals surface area contributed by atoms with Gasteiger partial charge in [-0.1, -0.05) is 27.7 Å². The van der Waals surface area contributed by atoms with Crippen LogP contribution in [0.3, 0.4) is 0 Å². The van der Waals surface area contributed by atoms with E-state index in [0.717, 1.165) is 34.1 Å². The minimum absolute atomic E-state index is 0.241. The zero-order chi connectivity index (χ0) is 29.0. The summed E-state index contributed by atoms with van der Waals surface area (Å²) < 4.78 is 11.6. The van der Waals surface area contributed by atoms with E-state index in [4.69, 9.17) is 9.47 Å². The highest BCUT2D eigenvalue weighted by atomic mass is 16.6. The Morgan fingerprint density at radius 3 is 1.58 bits per heavy atom. The zero-order valence-electron chi connectivity index (χ0n) is 23.6. The second kappa shape index (κ2) is 12.1. The van der Waals surface area contributed by atoms with E-state index in [1.54, 1.807) is 55.4 Å². The first-order valence-electron chi connectivity index (χ1n) is 13.0. The predicted octanol–water partition coefficient (Wildman–Crippen LogP) is 2.74. The lowest BCUT2D eigenvalue weighted by Gasteiger charge is -2.35. The summed E-state index contributed by atoms with van der Waals surface area (Å²) in [6.07, 6.45) is 6.27. The number of nitrogens with zero attached hydrogens (tertiary/aromatic N) is 2. The van der Waals surface area contributed by atoms with E-state index in [2.05, 4.69) is 0 Å². The largest absolute Gasteiger partial charge is 0.458 e. The quantitative estimate of drug-likeness (QED) is 0.190. The summed E-state index contributed by atoms with van der Waals surface area (Å²) in [6.45, 7) is 14.0. The van der Waals surface area contributed by atoms with Crippen LogP contribution in [0.4, 0.5) is 0 Å². The summed E-state index contributed by atoms with van der Waals surface area (Å²) in [7, 11) is 0. The van der Waals surface area contributed by atoms with Gasteiger partial charge in [0.15, 0.2) is 5.78 Å². The SMILES string of the molecule is CC(C)C(C(=O)OC(C)(C)CCCCOC(C)(C)C(=O)C(C(C)C)N1C(=O)C=CC1=O)N1C(=O)C=CC1=O. The maximum atomic E-state index is 13.3. The highest BCUT2D eigenvalue weighted by Crippen LogP contribution is 2.26. The molecule has 4 amide bonds. The first-order valence-corrected chi connectivity index (χ1v) is 13.0. The minimum Gasteiger partial charge on any atom is -0.458 e. The van der Waals surface area contributed by atoms with Crippen LogP contribution in [0.1, 0.15) is 74.7 Å². The molecule has 2 unspecified atom stereocenters. The Hall–Kier alpha value is -3.14. The Morgan fingerprint density at radius 1 is 0.737 bits per heavy atom. The third kappa shape index (κ3) is 7.24. The molecule has 2 rings (SSSR count). The molecular weight excluding hydrogens is 492 g/mol. The lowest BCUT2D eigenvalue weighted by atomic mass is 9.88. The van der Waals surface area contributed by atoms with E-state index >= 15 is 0 Å². The zero-order valence-corrected chi connectivity index (χ0v) is 23.6. The molecule has 2 aliphatic heterocycles. The van der Waals surface area contributed by atoms with Crippen LogP contribution >= 0.6 is 0 Å². The molecule has 0 aromatic rings. The fourth-order valence-corrected chi connectivity index (χ4v) is 4.56. The first kappa shape index (κ1) is 31.1. The van der Waals surface area contributed by atoms with E-state index in [1.807, 2.05) is 0 Å². The Bertz CT molecular complexity index is 1000. The predicted molar refractivity (Wildman–Crippen MR) is 138 cm³/mol. The summed E-state index contributed by atoms with van der Waals surface area (Å²) in [5.74, 6) is -3.69. The summed E-state index contributed by atoms with van der Waals surface area (Å²) in [5, 5.41) is 0. The number of ether oxygens (including phenoxy) is 2. The monoisotopic (exact) mass is 532 g/mol. The van der Waals surface area contributed by atoms with E-state index in [-0.39, 0.29) is 24.2 Å². The summed E-state index contributed by atoms with van der Waals surface area (Å²) in [4.78, 5) is 76.7. The number of unbranched alkanes of at least 4 members (excludes halogenated alkanes) is 1. The third-order valence-electron chi connectivity index (χ3n) is 6.62. The number of carbonyl (C=O) groups excluding carboxylic acids is 6. The molecule has 0 bridgehead atoms. The fourth-order valence-electron chi connectivity index (χ4n) is 4.56. The molecule has 10 heteroatoms. The van der Waals surface area contributed by atoms with Gasteiger partial charge in [-0.2, -0.15) is 0 Å². The summed E-state index contributed by atoms with van der Waals surface area (Å²) in [5.41, 5.74) is -2.09. The topological polar surface area (TPSA) is 127 Å². The van der Waals surface area contributed by atoms with Crippen LogP contribution in [0, 0.1) is 11.8 Å². The van der Waals surface area contributed by atoms with Gasteiger partial charge in [-0.25, -0.2) is 4.79 Å². The maximum Gasteiger partial charge on any atom is 0.330 e. The normalized spacial score (nSPS) is 17.8. The Balaban J connectivity index is 1.89. The van der Waals surface area contributed by atoms with Gasteiger partial charge in [-0.05, 0) is 58.8 Å². The van der Waals surface area contributed by atoms with Crippen molar-refractivity contribution in [3.8, 4) is 0 Å². The van der Waals surface area contributed by atoms with Crippen LogP contribution < -0.4 is 0 Å². The number of esters is 1. The third-order valence-corrected chi connectivity index (χ3v) is 6.62. The van der Waals surface area contributed by atoms with Crippen LogP contribution in [0.2, 0.25) is 0 Å². The molecule has 10 nitrogen and oxygen atoms in total. The van der Waals surface area contributed by atoms with Crippen molar-refractivity contribution < 1.29 is 38.2 Å². The number of hydrogen-bond acceptors (Lipinski definition) is 8. The number of ketones is 1. The van der Waals surface area contributed by atoms with Crippen molar-refractivity contribution >= 4 is 35.4 Å². The molecule has 0 spiro atoms. The second-order valence-corrected chi connectivity index (χ2v) is 11.5. The van der Waals surface area contributed by atoms with E-state index < -0.39 is 52.9 Å². The van der Waals surface area contributed by atoms with Gasteiger partial charge in [0.2, 0.25) is 0 Å². The van der Waals surface area contributed by atoms with E-state index in [0.29, 0.717) is 19.3 Å². The van der Waals surface area contributed by atoms with Crippen molar-refractivity contribution in [1.82, 2.24) is 9.80 Å². The number of Topliss-reactive ketones (excluding diaryl/α,β-unsaturated/α-hetero) is 1. The molecule has 0 fully saturated rings. The van der Waals surface area contributed by atoms with Crippen molar-refractivity contribution in [3.63, 3.8) is 0 Å². The van der Waals surface area contributed by atoms with Crippen LogP contribution in [0.15, 0.2) is 24.3 Å².